The van der Waals surface area contributed by atoms with E-state index in [1.807, 2.05) is 6.92 Å². The van der Waals surface area contributed by atoms with Crippen LogP contribution in [0.4, 0.5) is 3.89 Å². The molecule has 0 atom stereocenters. The van der Waals surface area contributed by atoms with Crippen LogP contribution < -0.4 is 0 Å². The molecule has 1 aromatic heterocycles. The van der Waals surface area contributed by atoms with E-state index in [0.717, 1.165) is 5.56 Å². The summed E-state index contributed by atoms with van der Waals surface area (Å²) in [7, 11) is -4.71. The molecular weight excluding hydrogens is 217 g/mol. The minimum absolute atomic E-state index is 0.181. The van der Waals surface area contributed by atoms with E-state index >= 15 is 0 Å². The summed E-state index contributed by atoms with van der Waals surface area (Å²) in [6.07, 6.45) is 1.44. The van der Waals surface area contributed by atoms with Crippen LogP contribution >= 0.6 is 0 Å². The summed E-state index contributed by atoms with van der Waals surface area (Å²) in [6.45, 7) is 1.82. The quantitative estimate of drug-likeness (QED) is 0.699. The van der Waals surface area contributed by atoms with Gasteiger partial charge in [-0.3, -0.25) is 4.98 Å². The van der Waals surface area contributed by atoms with Crippen LogP contribution in [0.5, 0.6) is 0 Å². The molecule has 0 unspecified atom stereocenters. The molecule has 0 saturated carbocycles. The van der Waals surface area contributed by atoms with Crippen molar-refractivity contribution in [3.8, 4) is 0 Å². The number of fused-ring (bicyclic) bond motifs is 1. The Balaban J connectivity index is 2.96. The molecule has 0 N–H and O–H groups in total. The number of benzene rings is 1. The average Bonchev–Trinajstić information content (AvgIpc) is 2.17. The minimum atomic E-state index is -4.71. The third kappa shape index (κ3) is 1.70. The predicted octanol–water partition coefficient (Wildman–Crippen LogP) is 2.20. The molecule has 0 amide bonds. The Morgan fingerprint density at radius 2 is 2.00 bits per heavy atom. The molecule has 0 spiro atoms. The largest absolute Gasteiger partial charge is 0.334 e. The second-order valence-electron chi connectivity index (χ2n) is 3.22. The standard InChI is InChI=1S/C10H8FNO2S/c1-7-4-5-9(15(11,13)14)10-8(7)3-2-6-12-10/h2-6H,1H3. The van der Waals surface area contributed by atoms with Gasteiger partial charge in [0.15, 0.2) is 0 Å². The van der Waals surface area contributed by atoms with Gasteiger partial charge in [-0.1, -0.05) is 12.1 Å². The van der Waals surface area contributed by atoms with Gasteiger partial charge in [-0.2, -0.15) is 8.42 Å². The summed E-state index contributed by atoms with van der Waals surface area (Å²) in [5.74, 6) is 0. The molecule has 0 bridgehead atoms. The molecule has 2 rings (SSSR count). The van der Waals surface area contributed by atoms with Crippen molar-refractivity contribution in [1.29, 1.82) is 0 Å². The van der Waals surface area contributed by atoms with Crippen molar-refractivity contribution in [2.45, 2.75) is 11.8 Å². The fraction of sp³-hybridized carbons (Fsp3) is 0.100. The first-order valence-electron chi connectivity index (χ1n) is 4.29. The van der Waals surface area contributed by atoms with Crippen LogP contribution in [0.2, 0.25) is 0 Å². The lowest BCUT2D eigenvalue weighted by Crippen LogP contribution is -1.96. The fourth-order valence-electron chi connectivity index (χ4n) is 1.49. The molecule has 0 aliphatic rings. The molecule has 0 radical (unpaired) electrons. The number of rotatable bonds is 1. The van der Waals surface area contributed by atoms with Crippen LogP contribution in [0.15, 0.2) is 35.4 Å². The maximum atomic E-state index is 12.9. The van der Waals surface area contributed by atoms with Crippen LogP contribution in [0, 0.1) is 6.92 Å². The first-order valence-corrected chi connectivity index (χ1v) is 5.67. The minimum Gasteiger partial charge on any atom is -0.255 e. The average molecular weight is 225 g/mol. The van der Waals surface area contributed by atoms with Gasteiger partial charge in [0.05, 0.1) is 5.52 Å². The van der Waals surface area contributed by atoms with Crippen molar-refractivity contribution in [3.63, 3.8) is 0 Å². The van der Waals surface area contributed by atoms with E-state index in [-0.39, 0.29) is 10.4 Å². The Bertz CT molecular complexity index is 622. The topological polar surface area (TPSA) is 47.0 Å². The first-order chi connectivity index (χ1) is 7.00. The highest BCUT2D eigenvalue weighted by molar-refractivity contribution is 7.86. The molecule has 0 aliphatic carbocycles. The summed E-state index contributed by atoms with van der Waals surface area (Å²) in [4.78, 5) is 3.52. The van der Waals surface area contributed by atoms with Crippen molar-refractivity contribution < 1.29 is 12.3 Å². The molecular formula is C10H8FNO2S. The van der Waals surface area contributed by atoms with Gasteiger partial charge in [0.1, 0.15) is 4.90 Å². The zero-order valence-electron chi connectivity index (χ0n) is 7.94. The van der Waals surface area contributed by atoms with Gasteiger partial charge < -0.3 is 0 Å². The zero-order valence-corrected chi connectivity index (χ0v) is 8.75. The highest BCUT2D eigenvalue weighted by atomic mass is 32.3. The van der Waals surface area contributed by atoms with Crippen molar-refractivity contribution >= 4 is 21.1 Å². The molecule has 0 fully saturated rings. The van der Waals surface area contributed by atoms with Crippen molar-refractivity contribution in [3.05, 3.63) is 36.0 Å². The molecule has 2 aromatic rings. The van der Waals surface area contributed by atoms with Gasteiger partial charge in [0, 0.05) is 11.6 Å². The SMILES string of the molecule is Cc1ccc(S(=O)(=O)F)c2ncccc12. The summed E-state index contributed by atoms with van der Waals surface area (Å²) in [5.41, 5.74) is 1.05. The molecule has 1 aromatic carbocycles. The number of aryl methyl sites for hydroxylation is 1. The number of hydrogen-bond donors (Lipinski definition) is 0. The molecule has 5 heteroatoms. The number of aromatic nitrogens is 1. The van der Waals surface area contributed by atoms with Gasteiger partial charge in [-0.25, -0.2) is 0 Å². The van der Waals surface area contributed by atoms with Gasteiger partial charge in [0.2, 0.25) is 0 Å². The number of pyridine rings is 1. The normalized spacial score (nSPS) is 11.9. The lowest BCUT2D eigenvalue weighted by Gasteiger charge is -2.03. The molecule has 15 heavy (non-hydrogen) atoms. The molecule has 0 aliphatic heterocycles. The summed E-state index contributed by atoms with van der Waals surface area (Å²) < 4.78 is 34.6. The third-order valence-electron chi connectivity index (χ3n) is 2.21. The Morgan fingerprint density at radius 1 is 1.27 bits per heavy atom. The first kappa shape index (κ1) is 10.0. The van der Waals surface area contributed by atoms with Crippen LogP contribution in [0.3, 0.4) is 0 Å². The predicted molar refractivity (Wildman–Crippen MR) is 54.8 cm³/mol. The summed E-state index contributed by atoms with van der Waals surface area (Å²) in [5, 5.41) is 0.649. The smallest absolute Gasteiger partial charge is 0.255 e. The van der Waals surface area contributed by atoms with E-state index in [1.165, 1.54) is 12.3 Å². The van der Waals surface area contributed by atoms with E-state index in [0.29, 0.717) is 5.39 Å². The van der Waals surface area contributed by atoms with E-state index in [9.17, 15) is 12.3 Å². The van der Waals surface area contributed by atoms with E-state index in [4.69, 9.17) is 0 Å². The zero-order chi connectivity index (χ0) is 11.1. The van der Waals surface area contributed by atoms with E-state index in [2.05, 4.69) is 4.98 Å². The monoisotopic (exact) mass is 225 g/mol. The molecule has 1 heterocycles. The Hall–Kier alpha value is -1.49. The number of nitrogens with zero attached hydrogens (tertiary/aromatic N) is 1. The molecule has 3 nitrogen and oxygen atoms in total. The lowest BCUT2D eigenvalue weighted by molar-refractivity contribution is 0.553. The van der Waals surface area contributed by atoms with Crippen molar-refractivity contribution in [2.75, 3.05) is 0 Å². The van der Waals surface area contributed by atoms with Gasteiger partial charge in [-0.15, -0.1) is 3.89 Å². The van der Waals surface area contributed by atoms with Crippen LogP contribution in [0.25, 0.3) is 10.9 Å². The van der Waals surface area contributed by atoms with E-state index < -0.39 is 10.2 Å². The maximum Gasteiger partial charge on any atom is 0.334 e. The Kier molecular flexibility index (Phi) is 2.19. The lowest BCUT2D eigenvalue weighted by atomic mass is 10.1. The highest BCUT2D eigenvalue weighted by Crippen LogP contribution is 2.24. The highest BCUT2D eigenvalue weighted by Gasteiger charge is 2.17. The van der Waals surface area contributed by atoms with Gasteiger partial charge >= 0.3 is 10.2 Å². The van der Waals surface area contributed by atoms with Crippen LogP contribution in [0.1, 0.15) is 5.56 Å². The van der Waals surface area contributed by atoms with Crippen molar-refractivity contribution in [1.82, 2.24) is 4.98 Å². The van der Waals surface area contributed by atoms with Crippen LogP contribution in [-0.2, 0) is 10.2 Å². The van der Waals surface area contributed by atoms with Crippen LogP contribution in [-0.4, -0.2) is 13.4 Å². The third-order valence-corrected chi connectivity index (χ3v) is 3.07. The number of halogens is 1. The summed E-state index contributed by atoms with van der Waals surface area (Å²) >= 11 is 0. The van der Waals surface area contributed by atoms with Crippen molar-refractivity contribution in [2.24, 2.45) is 0 Å². The van der Waals surface area contributed by atoms with E-state index in [1.54, 1.807) is 18.2 Å². The maximum absolute atomic E-state index is 12.9. The molecule has 78 valence electrons. The fourth-order valence-corrected chi connectivity index (χ4v) is 2.11. The summed E-state index contributed by atoms with van der Waals surface area (Å²) in [6, 6.07) is 6.20. The second kappa shape index (κ2) is 3.27. The number of hydrogen-bond acceptors (Lipinski definition) is 3. The molecule has 0 saturated heterocycles. The Labute approximate surface area is 86.8 Å². The van der Waals surface area contributed by atoms with Gasteiger partial charge in [-0.05, 0) is 24.6 Å². The Morgan fingerprint density at radius 3 is 2.67 bits per heavy atom. The second-order valence-corrected chi connectivity index (χ2v) is 4.53. The van der Waals surface area contributed by atoms with Gasteiger partial charge in [0.25, 0.3) is 0 Å².